The molecule has 4 N–H and O–H groups in total. The van der Waals surface area contributed by atoms with E-state index in [-0.39, 0.29) is 12.8 Å². The van der Waals surface area contributed by atoms with Crippen molar-refractivity contribution in [2.75, 3.05) is 26.4 Å². The van der Waals surface area contributed by atoms with Gasteiger partial charge in [0.1, 0.15) is 0 Å². The lowest BCUT2D eigenvalue weighted by molar-refractivity contribution is -0.163. The van der Waals surface area contributed by atoms with Gasteiger partial charge in [0.25, 0.3) is 0 Å². The lowest BCUT2D eigenvalue weighted by atomic mass is 9.94. The number of aliphatic hydroxyl groups excluding tert-OH is 2. The topological polar surface area (TPSA) is 124 Å². The molecule has 7 nitrogen and oxygen atoms in total. The van der Waals surface area contributed by atoms with E-state index < -0.39 is 49.2 Å². The summed E-state index contributed by atoms with van der Waals surface area (Å²) in [5.74, 6) is -1.04. The summed E-state index contributed by atoms with van der Waals surface area (Å²) in [5, 5.41) is 39.6. The fraction of sp³-hybridized carbons (Fsp3) is 0.909. The first-order chi connectivity index (χ1) is 13.8. The minimum absolute atomic E-state index is 0.130. The third-order valence-electron chi connectivity index (χ3n) is 5.26. The Balaban J connectivity index is 4.46. The Hall–Kier alpha value is -0.860. The molecular formula is C22H42O7. The highest BCUT2D eigenvalue weighted by atomic mass is 16.5. The summed E-state index contributed by atoms with van der Waals surface area (Å²) in [6, 6.07) is 0. The van der Waals surface area contributed by atoms with E-state index >= 15 is 0 Å². The molecule has 0 aromatic heterocycles. The minimum Gasteiger partial charge on any atom is -0.393 e. The van der Waals surface area contributed by atoms with Crippen molar-refractivity contribution in [3.63, 3.8) is 0 Å². The molecule has 0 radical (unpaired) electrons. The second-order valence-corrected chi connectivity index (χ2v) is 8.05. The third-order valence-corrected chi connectivity index (χ3v) is 5.26. The second-order valence-electron chi connectivity index (χ2n) is 8.05. The predicted molar refractivity (Wildman–Crippen MR) is 112 cm³/mol. The molecule has 2 unspecified atom stereocenters. The van der Waals surface area contributed by atoms with Crippen LogP contribution >= 0.6 is 0 Å². The fourth-order valence-corrected chi connectivity index (χ4v) is 3.06. The molecule has 0 aliphatic heterocycles. The Morgan fingerprint density at radius 1 is 0.655 bits per heavy atom. The zero-order valence-corrected chi connectivity index (χ0v) is 18.3. The third kappa shape index (κ3) is 11.2. The van der Waals surface area contributed by atoms with Crippen molar-refractivity contribution in [3.05, 3.63) is 0 Å². The van der Waals surface area contributed by atoms with E-state index in [0.717, 1.165) is 51.4 Å². The minimum atomic E-state index is -2.07. The number of Topliss-reactive ketones (excluding diaryl/α,β-unsaturated/α-hetero) is 2. The van der Waals surface area contributed by atoms with Gasteiger partial charge in [0, 0.05) is 12.8 Å². The maximum absolute atomic E-state index is 12.2. The summed E-state index contributed by atoms with van der Waals surface area (Å²) in [4.78, 5) is 24.5. The molecule has 0 bridgehead atoms. The van der Waals surface area contributed by atoms with Gasteiger partial charge in [0.05, 0.1) is 26.4 Å². The molecule has 0 fully saturated rings. The van der Waals surface area contributed by atoms with Crippen molar-refractivity contribution in [3.8, 4) is 0 Å². The Morgan fingerprint density at radius 3 is 1.31 bits per heavy atom. The number of hydrogen-bond acceptors (Lipinski definition) is 7. The Kier molecular flexibility index (Phi) is 15.4. The van der Waals surface area contributed by atoms with Crippen LogP contribution in [0.4, 0.5) is 0 Å². The van der Waals surface area contributed by atoms with Crippen molar-refractivity contribution < 1.29 is 34.8 Å². The first kappa shape index (κ1) is 28.1. The maximum atomic E-state index is 12.2. The van der Waals surface area contributed by atoms with E-state index in [2.05, 4.69) is 13.8 Å². The molecule has 0 saturated carbocycles. The second kappa shape index (κ2) is 15.9. The Bertz CT molecular complexity index is 414. The van der Waals surface area contributed by atoms with Crippen LogP contribution in [0.5, 0.6) is 0 Å². The van der Waals surface area contributed by atoms with Gasteiger partial charge in [-0.25, -0.2) is 0 Å². The zero-order valence-electron chi connectivity index (χ0n) is 18.3. The van der Waals surface area contributed by atoms with E-state index in [1.807, 2.05) is 0 Å². The average Bonchev–Trinajstić information content (AvgIpc) is 2.72. The number of ether oxygens (including phenoxy) is 1. The van der Waals surface area contributed by atoms with Gasteiger partial charge < -0.3 is 25.2 Å². The average molecular weight is 419 g/mol. The highest BCUT2D eigenvalue weighted by molar-refractivity contribution is 5.88. The summed E-state index contributed by atoms with van der Waals surface area (Å²) >= 11 is 0. The molecule has 0 amide bonds. The summed E-state index contributed by atoms with van der Waals surface area (Å²) < 4.78 is 5.22. The van der Waals surface area contributed by atoms with Crippen molar-refractivity contribution in [1.82, 2.24) is 0 Å². The molecule has 0 saturated heterocycles. The highest BCUT2D eigenvalue weighted by Crippen LogP contribution is 2.17. The predicted octanol–water partition coefficient (Wildman–Crippen LogP) is 2.31. The largest absolute Gasteiger partial charge is 0.393 e. The van der Waals surface area contributed by atoms with Gasteiger partial charge in [-0.1, -0.05) is 65.2 Å². The van der Waals surface area contributed by atoms with Gasteiger partial charge in [-0.2, -0.15) is 0 Å². The quantitative estimate of drug-likeness (QED) is 0.224. The van der Waals surface area contributed by atoms with Crippen LogP contribution in [-0.4, -0.2) is 69.6 Å². The van der Waals surface area contributed by atoms with E-state index in [0.29, 0.717) is 12.8 Å². The first-order valence-electron chi connectivity index (χ1n) is 11.1. The Labute approximate surface area is 175 Å². The normalized spacial score (nSPS) is 15.7. The van der Waals surface area contributed by atoms with E-state index in [4.69, 9.17) is 4.74 Å². The molecule has 0 aromatic rings. The van der Waals surface area contributed by atoms with Crippen molar-refractivity contribution in [2.45, 2.75) is 102 Å². The number of hydrogen-bond donors (Lipinski definition) is 4. The molecule has 172 valence electrons. The molecule has 0 spiro atoms. The van der Waals surface area contributed by atoms with Crippen molar-refractivity contribution in [1.29, 1.82) is 0 Å². The molecule has 0 aliphatic carbocycles. The van der Waals surface area contributed by atoms with E-state index in [1.54, 1.807) is 0 Å². The molecular weight excluding hydrogens is 376 g/mol. The number of carbonyl (C=O) groups excluding carboxylic acids is 2. The molecule has 0 heterocycles. The molecule has 0 aliphatic rings. The fourth-order valence-electron chi connectivity index (χ4n) is 3.06. The van der Waals surface area contributed by atoms with Crippen LogP contribution in [0.1, 0.15) is 90.9 Å². The highest BCUT2D eigenvalue weighted by Gasteiger charge is 2.38. The monoisotopic (exact) mass is 418 g/mol. The van der Waals surface area contributed by atoms with Crippen LogP contribution < -0.4 is 0 Å². The summed E-state index contributed by atoms with van der Waals surface area (Å²) in [7, 11) is 0. The standard InChI is InChI=1S/C22H42O7/c1-3-5-7-9-11-13-19(25)21(27,15-23)17-29-18-22(28,16-24)20(26)14-12-10-8-6-4-2/h23-24,27-28H,3-18H2,1-2H3. The van der Waals surface area contributed by atoms with Crippen LogP contribution in [0.2, 0.25) is 0 Å². The van der Waals surface area contributed by atoms with Gasteiger partial charge in [-0.15, -0.1) is 0 Å². The smallest absolute Gasteiger partial charge is 0.169 e. The number of ketones is 2. The van der Waals surface area contributed by atoms with Gasteiger partial charge in [0.2, 0.25) is 0 Å². The summed E-state index contributed by atoms with van der Waals surface area (Å²) in [5.41, 5.74) is -4.13. The lowest BCUT2D eigenvalue weighted by Crippen LogP contribution is -2.51. The molecule has 29 heavy (non-hydrogen) atoms. The SMILES string of the molecule is CCCCCCCC(=O)C(O)(CO)COCC(O)(CO)C(=O)CCCCCCC. The van der Waals surface area contributed by atoms with E-state index in [1.165, 1.54) is 0 Å². The van der Waals surface area contributed by atoms with Gasteiger partial charge >= 0.3 is 0 Å². The van der Waals surface area contributed by atoms with Crippen LogP contribution in [0, 0.1) is 0 Å². The van der Waals surface area contributed by atoms with Crippen molar-refractivity contribution in [2.24, 2.45) is 0 Å². The van der Waals surface area contributed by atoms with E-state index in [9.17, 15) is 30.0 Å². The Morgan fingerprint density at radius 2 is 1.00 bits per heavy atom. The lowest BCUT2D eigenvalue weighted by Gasteiger charge is -2.28. The number of rotatable bonds is 20. The molecule has 0 aromatic carbocycles. The van der Waals surface area contributed by atoms with Crippen LogP contribution in [-0.2, 0) is 14.3 Å². The summed E-state index contributed by atoms with van der Waals surface area (Å²) in [6.07, 6.45) is 9.65. The number of aliphatic hydroxyl groups is 4. The van der Waals surface area contributed by atoms with Gasteiger partial charge in [-0.3, -0.25) is 9.59 Å². The van der Waals surface area contributed by atoms with Crippen LogP contribution in [0.25, 0.3) is 0 Å². The molecule has 7 heteroatoms. The van der Waals surface area contributed by atoms with Crippen LogP contribution in [0.3, 0.4) is 0 Å². The number of unbranched alkanes of at least 4 members (excludes halogenated alkanes) is 8. The summed E-state index contributed by atoms with van der Waals surface area (Å²) in [6.45, 7) is 1.51. The van der Waals surface area contributed by atoms with Gasteiger partial charge in [-0.05, 0) is 12.8 Å². The zero-order chi connectivity index (χ0) is 22.2. The number of carbonyl (C=O) groups is 2. The first-order valence-corrected chi connectivity index (χ1v) is 11.1. The molecule has 0 rings (SSSR count). The van der Waals surface area contributed by atoms with Gasteiger partial charge in [0.15, 0.2) is 22.8 Å². The molecule has 2 atom stereocenters. The van der Waals surface area contributed by atoms with Crippen molar-refractivity contribution >= 4 is 11.6 Å². The maximum Gasteiger partial charge on any atom is 0.169 e. The van der Waals surface area contributed by atoms with Crippen LogP contribution in [0.15, 0.2) is 0 Å².